The number of ether oxygens (including phenoxy) is 3. The number of hydrogen-bond acceptors (Lipinski definition) is 4. The lowest BCUT2D eigenvalue weighted by Gasteiger charge is -2.23. The minimum atomic E-state index is -3.22. The second-order valence-corrected chi connectivity index (χ2v) is 11.9. The lowest BCUT2D eigenvalue weighted by molar-refractivity contribution is -0.0440. The zero-order chi connectivity index (χ0) is 23.3. The van der Waals surface area contributed by atoms with Gasteiger partial charge in [-0.05, 0) is 71.0 Å². The van der Waals surface area contributed by atoms with Gasteiger partial charge in [-0.1, -0.05) is 34.4 Å². The van der Waals surface area contributed by atoms with Crippen molar-refractivity contribution >= 4 is 23.1 Å². The molecule has 0 fully saturated rings. The van der Waals surface area contributed by atoms with Gasteiger partial charge in [0.2, 0.25) is 11.5 Å². The van der Waals surface area contributed by atoms with Crippen LogP contribution in [0, 0.1) is 27.7 Å². The van der Waals surface area contributed by atoms with E-state index in [-0.39, 0.29) is 0 Å². The van der Waals surface area contributed by atoms with Crippen LogP contribution in [-0.2, 0) is 4.57 Å². The minimum Gasteiger partial charge on any atom is -0.490 e. The maximum Gasteiger partial charge on any atom is 0.246 e. The molecule has 3 aromatic carbocycles. The smallest absolute Gasteiger partial charge is 0.246 e. The summed E-state index contributed by atoms with van der Waals surface area (Å²) in [7, 11) is -3.22. The van der Waals surface area contributed by atoms with Gasteiger partial charge in [0.15, 0.2) is 18.6 Å². The Bertz CT molecular complexity index is 1150. The van der Waals surface area contributed by atoms with Crippen molar-refractivity contribution in [3.05, 3.63) is 70.8 Å². The van der Waals surface area contributed by atoms with Crippen molar-refractivity contribution in [2.45, 2.75) is 54.3 Å². The Balaban J connectivity index is 2.04. The van der Waals surface area contributed by atoms with Crippen LogP contribution in [-0.4, -0.2) is 12.4 Å². The second kappa shape index (κ2) is 8.01. The first-order chi connectivity index (χ1) is 15.0. The third-order valence-corrected chi connectivity index (χ3v) is 8.47. The molecule has 0 bridgehead atoms. The summed E-state index contributed by atoms with van der Waals surface area (Å²) >= 11 is 0. The average molecular weight is 451 g/mol. The van der Waals surface area contributed by atoms with Gasteiger partial charge in [0, 0.05) is 29.8 Å². The van der Waals surface area contributed by atoms with Crippen LogP contribution in [0.3, 0.4) is 0 Å². The van der Waals surface area contributed by atoms with Gasteiger partial charge < -0.3 is 18.8 Å². The predicted molar refractivity (Wildman–Crippen MR) is 131 cm³/mol. The average Bonchev–Trinajstić information content (AvgIpc) is 3.00. The topological polar surface area (TPSA) is 44.8 Å². The fourth-order valence-corrected chi connectivity index (χ4v) is 7.46. The molecule has 0 aromatic heterocycles. The van der Waals surface area contributed by atoms with E-state index in [0.29, 0.717) is 29.2 Å². The molecular formula is C27H31O4P. The summed E-state index contributed by atoms with van der Waals surface area (Å²) in [5.74, 6) is 0.869. The molecule has 0 saturated carbocycles. The molecule has 0 spiro atoms. The third kappa shape index (κ3) is 4.04. The van der Waals surface area contributed by atoms with Crippen molar-refractivity contribution in [3.63, 3.8) is 0 Å². The Hall–Kier alpha value is -2.71. The van der Waals surface area contributed by atoms with Crippen LogP contribution in [0.1, 0.15) is 43.0 Å². The standard InChI is InChI=1S/C27H31O4P/c1-8-29-24-15-23(16-25-26(24)31-27(6,7)30-25)32(28,21-11-17(2)9-18(3)12-21)22-13-19(4)10-20(5)14-22/h9-16H,8H2,1-7H3. The van der Waals surface area contributed by atoms with Crippen LogP contribution in [0.4, 0.5) is 0 Å². The fourth-order valence-electron chi connectivity index (χ4n) is 4.43. The van der Waals surface area contributed by atoms with E-state index in [9.17, 15) is 0 Å². The summed E-state index contributed by atoms with van der Waals surface area (Å²) in [6, 6.07) is 16.0. The molecule has 4 rings (SSSR count). The Labute approximate surface area is 190 Å². The van der Waals surface area contributed by atoms with Crippen molar-refractivity contribution in [3.8, 4) is 17.2 Å². The third-order valence-electron chi connectivity index (χ3n) is 5.51. The SMILES string of the molecule is CCOc1cc(P(=O)(c2cc(C)cc(C)c2)c2cc(C)cc(C)c2)cc2c1OC(C)(C)O2. The summed E-state index contributed by atoms with van der Waals surface area (Å²) in [5.41, 5.74) is 4.32. The first-order valence-electron chi connectivity index (χ1n) is 11.0. The highest BCUT2D eigenvalue weighted by atomic mass is 31.2. The number of rotatable bonds is 5. The molecular weight excluding hydrogens is 419 g/mol. The van der Waals surface area contributed by atoms with Crippen molar-refractivity contribution in [1.82, 2.24) is 0 Å². The normalized spacial score (nSPS) is 14.5. The van der Waals surface area contributed by atoms with Crippen LogP contribution in [0.25, 0.3) is 0 Å². The van der Waals surface area contributed by atoms with Crippen molar-refractivity contribution in [2.24, 2.45) is 0 Å². The lowest BCUT2D eigenvalue weighted by Crippen LogP contribution is -2.30. The highest BCUT2D eigenvalue weighted by Gasteiger charge is 2.38. The Kier molecular flexibility index (Phi) is 5.63. The molecule has 1 aliphatic heterocycles. The maximum absolute atomic E-state index is 15.2. The van der Waals surface area contributed by atoms with Gasteiger partial charge in [0.25, 0.3) is 0 Å². The molecule has 168 valence electrons. The van der Waals surface area contributed by atoms with Crippen molar-refractivity contribution in [2.75, 3.05) is 6.61 Å². The Morgan fingerprint density at radius 1 is 0.750 bits per heavy atom. The molecule has 1 aliphatic rings. The zero-order valence-corrected chi connectivity index (χ0v) is 20.8. The van der Waals surface area contributed by atoms with Crippen LogP contribution < -0.4 is 30.1 Å². The van der Waals surface area contributed by atoms with E-state index in [1.807, 2.05) is 84.9 Å². The summed E-state index contributed by atoms with van der Waals surface area (Å²) in [5, 5.41) is 2.29. The maximum atomic E-state index is 15.2. The van der Waals surface area contributed by atoms with E-state index < -0.39 is 12.9 Å². The van der Waals surface area contributed by atoms with Gasteiger partial charge in [0.1, 0.15) is 0 Å². The molecule has 4 nitrogen and oxygen atoms in total. The molecule has 1 heterocycles. The predicted octanol–water partition coefficient (Wildman–Crippen LogP) is 5.47. The Morgan fingerprint density at radius 2 is 1.22 bits per heavy atom. The van der Waals surface area contributed by atoms with Gasteiger partial charge in [-0.25, -0.2) is 0 Å². The molecule has 0 N–H and O–H groups in total. The van der Waals surface area contributed by atoms with E-state index in [1.165, 1.54) is 0 Å². The summed E-state index contributed by atoms with van der Waals surface area (Å²) in [4.78, 5) is 0. The summed E-state index contributed by atoms with van der Waals surface area (Å²) in [6.45, 7) is 14.3. The quantitative estimate of drug-likeness (QED) is 0.484. The van der Waals surface area contributed by atoms with Crippen molar-refractivity contribution in [1.29, 1.82) is 0 Å². The van der Waals surface area contributed by atoms with Gasteiger partial charge in [-0.2, -0.15) is 0 Å². The lowest BCUT2D eigenvalue weighted by atomic mass is 10.2. The monoisotopic (exact) mass is 450 g/mol. The van der Waals surface area contributed by atoms with E-state index in [2.05, 4.69) is 12.1 Å². The molecule has 0 amide bonds. The molecule has 32 heavy (non-hydrogen) atoms. The fraction of sp³-hybridized carbons (Fsp3) is 0.333. The minimum absolute atomic E-state index is 0.469. The van der Waals surface area contributed by atoms with E-state index in [1.54, 1.807) is 0 Å². The highest BCUT2D eigenvalue weighted by molar-refractivity contribution is 7.85. The van der Waals surface area contributed by atoms with E-state index in [0.717, 1.165) is 32.9 Å². The van der Waals surface area contributed by atoms with Gasteiger partial charge in [-0.15, -0.1) is 0 Å². The first kappa shape index (κ1) is 22.5. The number of hydrogen-bond donors (Lipinski definition) is 0. The van der Waals surface area contributed by atoms with Crippen LogP contribution in [0.5, 0.6) is 17.2 Å². The van der Waals surface area contributed by atoms with E-state index >= 15 is 4.57 Å². The molecule has 3 aromatic rings. The zero-order valence-electron chi connectivity index (χ0n) is 19.9. The van der Waals surface area contributed by atoms with Gasteiger partial charge >= 0.3 is 0 Å². The van der Waals surface area contributed by atoms with Crippen LogP contribution in [0.15, 0.2) is 48.5 Å². The van der Waals surface area contributed by atoms with Crippen molar-refractivity contribution < 1.29 is 18.8 Å². The number of benzene rings is 3. The second-order valence-electron chi connectivity index (χ2n) is 9.11. The first-order valence-corrected chi connectivity index (χ1v) is 12.7. The van der Waals surface area contributed by atoms with Crippen LogP contribution >= 0.6 is 7.14 Å². The van der Waals surface area contributed by atoms with Gasteiger partial charge in [-0.3, -0.25) is 0 Å². The summed E-state index contributed by atoms with van der Waals surface area (Å²) in [6.07, 6.45) is 0. The highest BCUT2D eigenvalue weighted by Crippen LogP contribution is 2.51. The number of fused-ring (bicyclic) bond motifs is 1. The molecule has 0 radical (unpaired) electrons. The number of aryl methyl sites for hydroxylation is 4. The summed E-state index contributed by atoms with van der Waals surface area (Å²) < 4.78 is 33.2. The largest absolute Gasteiger partial charge is 0.490 e. The van der Waals surface area contributed by atoms with Gasteiger partial charge in [0.05, 0.1) is 6.61 Å². The van der Waals surface area contributed by atoms with E-state index in [4.69, 9.17) is 14.2 Å². The molecule has 0 unspecified atom stereocenters. The van der Waals surface area contributed by atoms with Crippen LogP contribution in [0.2, 0.25) is 0 Å². The molecule has 0 aliphatic carbocycles. The molecule has 0 saturated heterocycles. The molecule has 0 atom stereocenters. The Morgan fingerprint density at radius 3 is 1.69 bits per heavy atom. The molecule has 5 heteroatoms.